The van der Waals surface area contributed by atoms with Gasteiger partial charge in [0.05, 0.1) is 29.3 Å². The second-order valence-electron chi connectivity index (χ2n) is 7.18. The number of halogens is 1. The Hall–Kier alpha value is -3.07. The quantitative estimate of drug-likeness (QED) is 0.591. The van der Waals surface area contributed by atoms with Crippen molar-refractivity contribution in [2.45, 2.75) is 46.7 Å². The third kappa shape index (κ3) is 5.10. The number of nitrogens with one attached hydrogen (secondary N) is 2. The van der Waals surface area contributed by atoms with Gasteiger partial charge in [0.2, 0.25) is 0 Å². The van der Waals surface area contributed by atoms with Crippen LogP contribution in [0, 0.1) is 12.7 Å². The summed E-state index contributed by atoms with van der Waals surface area (Å²) in [5.41, 5.74) is 1.65. The van der Waals surface area contributed by atoms with Gasteiger partial charge in [0.15, 0.2) is 0 Å². The van der Waals surface area contributed by atoms with Crippen molar-refractivity contribution in [3.63, 3.8) is 0 Å². The van der Waals surface area contributed by atoms with Gasteiger partial charge in [0.25, 0.3) is 11.8 Å². The molecule has 7 nitrogen and oxygen atoms in total. The molecule has 9 heteroatoms. The molecule has 3 aromatic rings. The molecular formula is C21H24FN5O2S. The van der Waals surface area contributed by atoms with Gasteiger partial charge < -0.3 is 15.2 Å². The van der Waals surface area contributed by atoms with Crippen LogP contribution in [0.3, 0.4) is 0 Å². The Morgan fingerprint density at radius 1 is 1.23 bits per heavy atom. The number of hydrogen-bond donors (Lipinski definition) is 2. The molecule has 3 rings (SSSR count). The van der Waals surface area contributed by atoms with Gasteiger partial charge in [-0.1, -0.05) is 13.8 Å². The molecule has 0 aliphatic carbocycles. The molecule has 0 fully saturated rings. The summed E-state index contributed by atoms with van der Waals surface area (Å²) in [6.45, 7) is 8.77. The number of imidazole rings is 1. The number of hydrogen-bond acceptors (Lipinski definition) is 5. The molecule has 0 unspecified atom stereocenters. The van der Waals surface area contributed by atoms with Gasteiger partial charge in [-0.2, -0.15) is 0 Å². The molecule has 0 atom stereocenters. The molecule has 2 N–H and O–H groups in total. The summed E-state index contributed by atoms with van der Waals surface area (Å²) in [4.78, 5) is 34.2. The summed E-state index contributed by atoms with van der Waals surface area (Å²) in [6.07, 6.45) is 3.52. The van der Waals surface area contributed by atoms with E-state index in [9.17, 15) is 14.0 Å². The Kier molecular flexibility index (Phi) is 6.61. The van der Waals surface area contributed by atoms with E-state index < -0.39 is 11.7 Å². The largest absolute Gasteiger partial charge is 0.346 e. The van der Waals surface area contributed by atoms with Gasteiger partial charge >= 0.3 is 0 Å². The normalized spacial score (nSPS) is 11.0. The minimum atomic E-state index is -0.614. The summed E-state index contributed by atoms with van der Waals surface area (Å²) in [7, 11) is 0. The second kappa shape index (κ2) is 9.17. The maximum atomic E-state index is 14.1. The third-order valence-corrected chi connectivity index (χ3v) is 5.87. The number of aryl methyl sites for hydroxylation is 2. The van der Waals surface area contributed by atoms with Crippen LogP contribution >= 0.6 is 11.3 Å². The van der Waals surface area contributed by atoms with Gasteiger partial charge in [0.1, 0.15) is 10.7 Å². The van der Waals surface area contributed by atoms with Crippen LogP contribution in [-0.4, -0.2) is 26.3 Å². The number of benzene rings is 1. The molecular weight excluding hydrogens is 405 g/mol. The maximum Gasteiger partial charge on any atom is 0.267 e. The lowest BCUT2D eigenvalue weighted by atomic mass is 10.1. The first-order valence-electron chi connectivity index (χ1n) is 9.65. The average Bonchev–Trinajstić information content (AvgIpc) is 3.32. The van der Waals surface area contributed by atoms with E-state index in [0.29, 0.717) is 16.3 Å². The molecule has 0 aliphatic heterocycles. The van der Waals surface area contributed by atoms with Crippen molar-refractivity contribution in [2.24, 2.45) is 0 Å². The first-order chi connectivity index (χ1) is 14.3. The van der Waals surface area contributed by atoms with Crippen LogP contribution in [0.5, 0.6) is 0 Å². The smallest absolute Gasteiger partial charge is 0.267 e. The topological polar surface area (TPSA) is 88.9 Å². The number of thiazole rings is 1. The Balaban J connectivity index is 1.71. The first-order valence-corrected chi connectivity index (χ1v) is 10.5. The molecule has 2 amide bonds. The van der Waals surface area contributed by atoms with E-state index >= 15 is 0 Å². The molecule has 0 aliphatic rings. The van der Waals surface area contributed by atoms with Crippen LogP contribution in [0.1, 0.15) is 63.1 Å². The highest BCUT2D eigenvalue weighted by Crippen LogP contribution is 2.25. The molecule has 0 saturated carbocycles. The minimum absolute atomic E-state index is 0.115. The Bertz CT molecular complexity index is 1070. The molecule has 0 radical (unpaired) electrons. The van der Waals surface area contributed by atoms with Crippen molar-refractivity contribution in [2.75, 3.05) is 5.32 Å². The van der Waals surface area contributed by atoms with Crippen molar-refractivity contribution in [1.82, 2.24) is 19.9 Å². The van der Waals surface area contributed by atoms with Crippen LogP contribution in [0.15, 0.2) is 30.7 Å². The first kappa shape index (κ1) is 21.6. The zero-order chi connectivity index (χ0) is 21.8. The fourth-order valence-electron chi connectivity index (χ4n) is 2.80. The van der Waals surface area contributed by atoms with Crippen molar-refractivity contribution in [3.8, 4) is 0 Å². The Morgan fingerprint density at radius 2 is 2.00 bits per heavy atom. The third-order valence-electron chi connectivity index (χ3n) is 4.41. The molecule has 0 bridgehead atoms. The van der Waals surface area contributed by atoms with Gasteiger partial charge in [-0.25, -0.2) is 14.4 Å². The van der Waals surface area contributed by atoms with Gasteiger partial charge in [-0.15, -0.1) is 11.3 Å². The van der Waals surface area contributed by atoms with Gasteiger partial charge in [0, 0.05) is 29.9 Å². The second-order valence-corrected chi connectivity index (χ2v) is 8.21. The summed E-state index contributed by atoms with van der Waals surface area (Å²) in [5.74, 6) is -1.23. The van der Waals surface area contributed by atoms with Gasteiger partial charge in [-0.3, -0.25) is 9.59 Å². The van der Waals surface area contributed by atoms with Crippen molar-refractivity contribution < 1.29 is 14.0 Å². The monoisotopic (exact) mass is 429 g/mol. The van der Waals surface area contributed by atoms with E-state index in [2.05, 4.69) is 20.6 Å². The summed E-state index contributed by atoms with van der Waals surface area (Å²) in [5, 5.41) is 6.25. The van der Waals surface area contributed by atoms with E-state index in [1.807, 2.05) is 31.5 Å². The molecule has 0 spiro atoms. The summed E-state index contributed by atoms with van der Waals surface area (Å²) < 4.78 is 16.0. The maximum absolute atomic E-state index is 14.1. The number of amides is 2. The number of aromatic nitrogens is 3. The van der Waals surface area contributed by atoms with Crippen molar-refractivity contribution >= 4 is 28.8 Å². The number of rotatable bonds is 7. The predicted molar refractivity (Wildman–Crippen MR) is 114 cm³/mol. The van der Waals surface area contributed by atoms with Crippen molar-refractivity contribution in [3.05, 3.63) is 63.4 Å². The lowest BCUT2D eigenvalue weighted by Gasteiger charge is -2.08. The highest BCUT2D eigenvalue weighted by Gasteiger charge is 2.18. The highest BCUT2D eigenvalue weighted by atomic mass is 32.1. The standard InChI is InChI=1S/C21H24FN5O2S/c1-5-27-10-17(24-11-27)9-23-19(28)14-6-15(22)8-16(7-14)26-20(29)18-13(4)25-21(30-18)12(2)3/h6-8,10-12H,5,9H2,1-4H3,(H,23,28)(H,26,29). The highest BCUT2D eigenvalue weighted by molar-refractivity contribution is 7.14. The van der Waals surface area contributed by atoms with Crippen LogP contribution in [0.25, 0.3) is 0 Å². The van der Waals surface area contributed by atoms with Crippen LogP contribution in [0.2, 0.25) is 0 Å². The summed E-state index contributed by atoms with van der Waals surface area (Å²) >= 11 is 1.31. The van der Waals surface area contributed by atoms with E-state index in [1.165, 1.54) is 23.5 Å². The zero-order valence-electron chi connectivity index (χ0n) is 17.3. The molecule has 30 heavy (non-hydrogen) atoms. The van der Waals surface area contributed by atoms with Gasteiger partial charge in [-0.05, 0) is 32.0 Å². The van der Waals surface area contributed by atoms with Crippen molar-refractivity contribution in [1.29, 1.82) is 0 Å². The molecule has 158 valence electrons. The van der Waals surface area contributed by atoms with Crippen LogP contribution in [-0.2, 0) is 13.1 Å². The Morgan fingerprint density at radius 3 is 2.63 bits per heavy atom. The Labute approximate surface area is 178 Å². The van der Waals surface area contributed by atoms with E-state index in [0.717, 1.165) is 17.6 Å². The number of anilines is 1. The lowest BCUT2D eigenvalue weighted by molar-refractivity contribution is 0.0948. The number of carbonyl (C=O) groups excluding carboxylic acids is 2. The minimum Gasteiger partial charge on any atom is -0.346 e. The zero-order valence-corrected chi connectivity index (χ0v) is 18.1. The average molecular weight is 430 g/mol. The van der Waals surface area contributed by atoms with E-state index in [1.54, 1.807) is 13.3 Å². The fourth-order valence-corrected chi connectivity index (χ4v) is 3.76. The summed E-state index contributed by atoms with van der Waals surface area (Å²) in [6, 6.07) is 3.75. The lowest BCUT2D eigenvalue weighted by Crippen LogP contribution is -2.23. The number of carbonyl (C=O) groups is 2. The molecule has 0 saturated heterocycles. The SMILES string of the molecule is CCn1cnc(CNC(=O)c2cc(F)cc(NC(=O)c3sc(C(C)C)nc3C)c2)c1. The molecule has 2 aromatic heterocycles. The predicted octanol–water partition coefficient (Wildman–Crippen LogP) is 4.11. The number of nitrogens with zero attached hydrogens (tertiary/aromatic N) is 3. The molecule has 1 aromatic carbocycles. The molecule has 2 heterocycles. The van der Waals surface area contributed by atoms with E-state index in [-0.39, 0.29) is 29.6 Å². The fraction of sp³-hybridized carbons (Fsp3) is 0.333. The van der Waals surface area contributed by atoms with E-state index in [4.69, 9.17) is 0 Å². The van der Waals surface area contributed by atoms with Crippen LogP contribution in [0.4, 0.5) is 10.1 Å². The van der Waals surface area contributed by atoms with Crippen LogP contribution < -0.4 is 10.6 Å².